The fourth-order valence-electron chi connectivity index (χ4n) is 2.82. The van der Waals surface area contributed by atoms with Gasteiger partial charge in [-0.3, -0.25) is 9.69 Å². The molecule has 1 heterocycles. The molecule has 2 aromatic carbocycles. The summed E-state index contributed by atoms with van der Waals surface area (Å²) < 4.78 is 5.12. The summed E-state index contributed by atoms with van der Waals surface area (Å²) >= 11 is 0. The molecule has 0 bridgehead atoms. The van der Waals surface area contributed by atoms with Gasteiger partial charge in [0.05, 0.1) is 12.8 Å². The van der Waals surface area contributed by atoms with E-state index in [0.29, 0.717) is 22.7 Å². The van der Waals surface area contributed by atoms with Crippen molar-refractivity contribution in [3.8, 4) is 5.75 Å². The Balaban J connectivity index is 2.10. The number of carbonyl (C=O) groups is 1. The first kappa shape index (κ1) is 14.6. The van der Waals surface area contributed by atoms with Crippen molar-refractivity contribution >= 4 is 17.3 Å². The third-order valence-corrected chi connectivity index (χ3v) is 3.95. The maximum absolute atomic E-state index is 12.8. The van der Waals surface area contributed by atoms with Crippen LogP contribution in [0.5, 0.6) is 5.75 Å². The quantitative estimate of drug-likeness (QED) is 0.905. The first-order valence-corrected chi connectivity index (χ1v) is 7.03. The van der Waals surface area contributed by atoms with Crippen LogP contribution in [-0.4, -0.2) is 29.8 Å². The van der Waals surface area contributed by atoms with Gasteiger partial charge in [0.1, 0.15) is 5.75 Å². The lowest BCUT2D eigenvalue weighted by Crippen LogP contribution is -2.39. The number of hydrogen-bond donors (Lipinski definition) is 2. The minimum atomic E-state index is -1.69. The molecule has 5 nitrogen and oxygen atoms in total. The summed E-state index contributed by atoms with van der Waals surface area (Å²) in [6, 6.07) is 14.1. The van der Waals surface area contributed by atoms with E-state index in [1.54, 1.807) is 49.6 Å². The van der Waals surface area contributed by atoms with Gasteiger partial charge in [0.25, 0.3) is 5.91 Å². The zero-order valence-corrected chi connectivity index (χ0v) is 12.2. The third-order valence-electron chi connectivity index (χ3n) is 3.95. The summed E-state index contributed by atoms with van der Waals surface area (Å²) in [6.45, 7) is -0.271. The van der Waals surface area contributed by atoms with Gasteiger partial charge in [-0.25, -0.2) is 0 Å². The second-order valence-electron chi connectivity index (χ2n) is 5.19. The van der Waals surface area contributed by atoms with Crippen LogP contribution in [0.25, 0.3) is 0 Å². The largest absolute Gasteiger partial charge is 0.497 e. The topological polar surface area (TPSA) is 70.0 Å². The van der Waals surface area contributed by atoms with Gasteiger partial charge < -0.3 is 14.9 Å². The second kappa shape index (κ2) is 5.44. The number of para-hydroxylation sites is 1. The van der Waals surface area contributed by atoms with Crippen molar-refractivity contribution in [2.75, 3.05) is 18.6 Å². The van der Waals surface area contributed by atoms with E-state index < -0.39 is 11.5 Å². The monoisotopic (exact) mass is 299 g/mol. The Bertz CT molecular complexity index is 698. The third kappa shape index (κ3) is 2.06. The Labute approximate surface area is 128 Å². The van der Waals surface area contributed by atoms with Gasteiger partial charge >= 0.3 is 0 Å². The number of nitrogens with zero attached hydrogens (tertiary/aromatic N) is 1. The number of fused-ring (bicyclic) bond motifs is 1. The standard InChI is InChI=1S/C17H17NO4/c1-22-13-8-6-12(7-9-13)18-15-5-3-2-4-14(15)17(21,10-11-19)16(18)20/h2-9,19,21H,10-11H2,1H3. The molecule has 0 aliphatic carbocycles. The van der Waals surface area contributed by atoms with Crippen LogP contribution in [0.1, 0.15) is 12.0 Å². The molecular weight excluding hydrogens is 282 g/mol. The van der Waals surface area contributed by atoms with Gasteiger partial charge in [-0.15, -0.1) is 0 Å². The minimum absolute atomic E-state index is 0.0322. The number of benzene rings is 2. The van der Waals surface area contributed by atoms with E-state index in [-0.39, 0.29) is 13.0 Å². The summed E-state index contributed by atoms with van der Waals surface area (Å²) in [5, 5.41) is 20.0. The Hall–Kier alpha value is -2.37. The van der Waals surface area contributed by atoms with Crippen molar-refractivity contribution in [1.82, 2.24) is 0 Å². The van der Waals surface area contributed by atoms with Crippen LogP contribution in [0.4, 0.5) is 11.4 Å². The number of aliphatic hydroxyl groups is 2. The maximum Gasteiger partial charge on any atom is 0.268 e. The lowest BCUT2D eigenvalue weighted by Gasteiger charge is -2.22. The van der Waals surface area contributed by atoms with Crippen LogP contribution in [0.3, 0.4) is 0 Å². The Kier molecular flexibility index (Phi) is 3.60. The highest BCUT2D eigenvalue weighted by Crippen LogP contribution is 2.45. The molecule has 5 heteroatoms. The zero-order valence-electron chi connectivity index (χ0n) is 12.2. The van der Waals surface area contributed by atoms with Crippen LogP contribution in [0, 0.1) is 0 Å². The SMILES string of the molecule is COc1ccc(N2C(=O)C(O)(CCO)c3ccccc32)cc1. The Morgan fingerprint density at radius 3 is 2.45 bits per heavy atom. The molecule has 1 aliphatic rings. The Morgan fingerprint density at radius 1 is 1.14 bits per heavy atom. The first-order chi connectivity index (χ1) is 10.6. The molecule has 0 radical (unpaired) electrons. The van der Waals surface area contributed by atoms with E-state index in [9.17, 15) is 15.0 Å². The van der Waals surface area contributed by atoms with Crippen molar-refractivity contribution in [3.63, 3.8) is 0 Å². The number of ether oxygens (including phenoxy) is 1. The van der Waals surface area contributed by atoms with Crippen molar-refractivity contribution in [3.05, 3.63) is 54.1 Å². The number of carbonyl (C=O) groups excluding carboxylic acids is 1. The molecule has 0 fully saturated rings. The fourth-order valence-corrected chi connectivity index (χ4v) is 2.82. The highest BCUT2D eigenvalue weighted by atomic mass is 16.5. The van der Waals surface area contributed by atoms with Crippen molar-refractivity contribution < 1.29 is 19.7 Å². The van der Waals surface area contributed by atoms with Gasteiger partial charge in [-0.1, -0.05) is 18.2 Å². The molecule has 22 heavy (non-hydrogen) atoms. The molecule has 1 unspecified atom stereocenters. The van der Waals surface area contributed by atoms with E-state index in [1.165, 1.54) is 4.90 Å². The predicted octanol–water partition coefficient (Wildman–Crippen LogP) is 1.94. The lowest BCUT2D eigenvalue weighted by molar-refractivity contribution is -0.137. The van der Waals surface area contributed by atoms with Crippen LogP contribution in [0.2, 0.25) is 0 Å². The van der Waals surface area contributed by atoms with Crippen LogP contribution >= 0.6 is 0 Å². The van der Waals surface area contributed by atoms with Gasteiger partial charge in [0.2, 0.25) is 0 Å². The summed E-state index contributed by atoms with van der Waals surface area (Å²) in [4.78, 5) is 14.2. The highest BCUT2D eigenvalue weighted by Gasteiger charge is 2.49. The van der Waals surface area contributed by atoms with E-state index in [4.69, 9.17) is 4.74 Å². The second-order valence-corrected chi connectivity index (χ2v) is 5.19. The molecule has 1 aliphatic heterocycles. The van der Waals surface area contributed by atoms with E-state index in [1.807, 2.05) is 6.07 Å². The molecule has 0 spiro atoms. The molecule has 0 aromatic heterocycles. The first-order valence-electron chi connectivity index (χ1n) is 7.03. The fraction of sp³-hybridized carbons (Fsp3) is 0.235. The molecule has 1 atom stereocenters. The van der Waals surface area contributed by atoms with Crippen molar-refractivity contribution in [2.45, 2.75) is 12.0 Å². The van der Waals surface area contributed by atoms with Crippen LogP contribution < -0.4 is 9.64 Å². The summed E-state index contributed by atoms with van der Waals surface area (Å²) in [5.41, 5.74) is 0.108. The van der Waals surface area contributed by atoms with Gasteiger partial charge in [-0.05, 0) is 30.3 Å². The summed E-state index contributed by atoms with van der Waals surface area (Å²) in [6.07, 6.45) is -0.0322. The molecule has 1 amide bonds. The van der Waals surface area contributed by atoms with E-state index in [2.05, 4.69) is 0 Å². The number of amides is 1. The summed E-state index contributed by atoms with van der Waals surface area (Å²) in [7, 11) is 1.57. The summed E-state index contributed by atoms with van der Waals surface area (Å²) in [5.74, 6) is 0.238. The van der Waals surface area contributed by atoms with Gasteiger partial charge in [-0.2, -0.15) is 0 Å². The van der Waals surface area contributed by atoms with E-state index in [0.717, 1.165) is 0 Å². The van der Waals surface area contributed by atoms with Crippen molar-refractivity contribution in [2.24, 2.45) is 0 Å². The minimum Gasteiger partial charge on any atom is -0.497 e. The number of aliphatic hydroxyl groups excluding tert-OH is 1. The lowest BCUT2D eigenvalue weighted by atomic mass is 9.92. The molecule has 0 saturated carbocycles. The molecule has 3 rings (SSSR count). The molecule has 0 saturated heterocycles. The molecule has 114 valence electrons. The van der Waals surface area contributed by atoms with Crippen LogP contribution in [-0.2, 0) is 10.4 Å². The van der Waals surface area contributed by atoms with Crippen molar-refractivity contribution in [1.29, 1.82) is 0 Å². The maximum atomic E-state index is 12.8. The normalized spacial score (nSPS) is 20.1. The number of anilines is 2. The Morgan fingerprint density at radius 2 is 1.82 bits per heavy atom. The smallest absolute Gasteiger partial charge is 0.268 e. The molecular formula is C17H17NO4. The van der Waals surface area contributed by atoms with Gasteiger partial charge in [0, 0.05) is 24.3 Å². The highest BCUT2D eigenvalue weighted by molar-refractivity contribution is 6.11. The van der Waals surface area contributed by atoms with Crippen LogP contribution in [0.15, 0.2) is 48.5 Å². The average Bonchev–Trinajstić information content (AvgIpc) is 2.77. The van der Waals surface area contributed by atoms with Gasteiger partial charge in [0.15, 0.2) is 5.60 Å². The number of methoxy groups -OCH3 is 1. The molecule has 2 aromatic rings. The van der Waals surface area contributed by atoms with E-state index >= 15 is 0 Å². The zero-order chi connectivity index (χ0) is 15.7. The average molecular weight is 299 g/mol. The predicted molar refractivity (Wildman–Crippen MR) is 82.2 cm³/mol. The number of rotatable bonds is 4. The molecule has 2 N–H and O–H groups in total. The number of hydrogen-bond acceptors (Lipinski definition) is 4.